The molecule has 1 N–H and O–H groups in total. The first-order valence-electron chi connectivity index (χ1n) is 10.8. The van der Waals surface area contributed by atoms with Crippen molar-refractivity contribution in [2.75, 3.05) is 17.7 Å². The molecule has 0 atom stereocenters. The van der Waals surface area contributed by atoms with Gasteiger partial charge in [0.2, 0.25) is 5.91 Å². The van der Waals surface area contributed by atoms with Gasteiger partial charge >= 0.3 is 5.97 Å². The number of hydrogen-bond acceptors (Lipinski definition) is 7. The molecule has 2 aromatic carbocycles. The number of nitrogens with zero attached hydrogens (tertiary/aromatic N) is 4. The third-order valence-electron chi connectivity index (χ3n) is 5.00. The van der Waals surface area contributed by atoms with E-state index in [2.05, 4.69) is 20.5 Å². The lowest BCUT2D eigenvalue weighted by Gasteiger charge is -2.12. The molecule has 2 heterocycles. The van der Waals surface area contributed by atoms with Crippen LogP contribution in [-0.4, -0.2) is 44.0 Å². The van der Waals surface area contributed by atoms with Gasteiger partial charge in [0.15, 0.2) is 11.0 Å². The van der Waals surface area contributed by atoms with Crippen molar-refractivity contribution in [2.24, 2.45) is 0 Å². The van der Waals surface area contributed by atoms with Gasteiger partial charge in [-0.1, -0.05) is 29.4 Å². The monoisotopic (exact) mass is 507 g/mol. The maximum absolute atomic E-state index is 12.6. The van der Waals surface area contributed by atoms with Gasteiger partial charge in [-0.3, -0.25) is 14.3 Å². The second kappa shape index (κ2) is 11.2. The molecule has 0 saturated carbocycles. The Balaban J connectivity index is 1.52. The number of carbonyl (C=O) groups is 2. The minimum atomic E-state index is -0.401. The molecule has 0 aliphatic heterocycles. The number of thioether (sulfide) groups is 1. The van der Waals surface area contributed by atoms with Crippen LogP contribution in [0.3, 0.4) is 0 Å². The topological polar surface area (TPSA) is 99.0 Å². The number of hydrogen-bond donors (Lipinski definition) is 1. The molecule has 8 nitrogen and oxygen atoms in total. The first-order valence-corrected chi connectivity index (χ1v) is 12.1. The van der Waals surface area contributed by atoms with E-state index in [1.807, 2.05) is 41.8 Å². The minimum absolute atomic E-state index is 0.105. The maximum atomic E-state index is 12.6. The number of aromatic nitrogens is 4. The number of carbonyl (C=O) groups excluding carboxylic acids is 2. The van der Waals surface area contributed by atoms with Gasteiger partial charge in [0, 0.05) is 28.7 Å². The number of benzene rings is 2. The van der Waals surface area contributed by atoms with Crippen molar-refractivity contribution in [1.29, 1.82) is 0 Å². The Morgan fingerprint density at radius 1 is 1.06 bits per heavy atom. The molecule has 10 heteroatoms. The zero-order chi connectivity index (χ0) is 24.8. The zero-order valence-corrected chi connectivity index (χ0v) is 20.6. The van der Waals surface area contributed by atoms with E-state index >= 15 is 0 Å². The SMILES string of the molecule is CCOC(=O)c1ccc(NC(=O)CSc2nnc(-c3ccncc3)n2-c2ccc(C)c(Cl)c2)cc1. The summed E-state index contributed by atoms with van der Waals surface area (Å²) in [5, 5.41) is 12.7. The van der Waals surface area contributed by atoms with Crippen LogP contribution in [0.2, 0.25) is 5.02 Å². The largest absolute Gasteiger partial charge is 0.462 e. The summed E-state index contributed by atoms with van der Waals surface area (Å²) in [6.07, 6.45) is 3.37. The number of esters is 1. The fraction of sp³-hybridized carbons (Fsp3) is 0.160. The van der Waals surface area contributed by atoms with Gasteiger partial charge in [-0.2, -0.15) is 0 Å². The molecule has 0 bridgehead atoms. The number of pyridine rings is 1. The molecule has 0 unspecified atom stereocenters. The molecule has 0 aliphatic rings. The molecule has 4 aromatic rings. The quantitative estimate of drug-likeness (QED) is 0.258. The number of rotatable bonds is 8. The summed E-state index contributed by atoms with van der Waals surface area (Å²) < 4.78 is 6.84. The molecule has 0 aliphatic carbocycles. The summed E-state index contributed by atoms with van der Waals surface area (Å²) in [6.45, 7) is 3.98. The van der Waals surface area contributed by atoms with Crippen molar-refractivity contribution < 1.29 is 14.3 Å². The molecule has 2 aromatic heterocycles. The summed E-state index contributed by atoms with van der Waals surface area (Å²) in [5.41, 5.74) is 3.58. The Labute approximate surface area is 211 Å². The van der Waals surface area contributed by atoms with E-state index in [1.54, 1.807) is 43.6 Å². The first-order chi connectivity index (χ1) is 17.0. The molecule has 0 spiro atoms. The Kier molecular flexibility index (Phi) is 7.79. The van der Waals surface area contributed by atoms with Crippen LogP contribution in [0.25, 0.3) is 17.1 Å². The number of anilines is 1. The van der Waals surface area contributed by atoms with Gasteiger partial charge in [0.25, 0.3) is 0 Å². The normalized spacial score (nSPS) is 10.7. The Hall–Kier alpha value is -3.69. The Morgan fingerprint density at radius 3 is 2.49 bits per heavy atom. The van der Waals surface area contributed by atoms with Crippen LogP contribution < -0.4 is 5.32 Å². The lowest BCUT2D eigenvalue weighted by atomic mass is 10.2. The number of aryl methyl sites for hydroxylation is 1. The molecule has 178 valence electrons. The Bertz CT molecular complexity index is 1340. The van der Waals surface area contributed by atoms with Crippen molar-refractivity contribution >= 4 is 40.9 Å². The van der Waals surface area contributed by atoms with Gasteiger partial charge in [-0.15, -0.1) is 10.2 Å². The maximum Gasteiger partial charge on any atom is 0.338 e. The molecule has 0 radical (unpaired) electrons. The number of nitrogens with one attached hydrogen (secondary N) is 1. The van der Waals surface area contributed by atoms with Crippen LogP contribution in [0.1, 0.15) is 22.8 Å². The van der Waals surface area contributed by atoms with E-state index in [-0.39, 0.29) is 11.7 Å². The van der Waals surface area contributed by atoms with Crippen LogP contribution in [0.4, 0.5) is 5.69 Å². The number of ether oxygens (including phenoxy) is 1. The van der Waals surface area contributed by atoms with Gasteiger partial charge < -0.3 is 10.1 Å². The fourth-order valence-corrected chi connectivity index (χ4v) is 4.16. The van der Waals surface area contributed by atoms with Gasteiger partial charge in [0.05, 0.1) is 23.6 Å². The summed E-state index contributed by atoms with van der Waals surface area (Å²) in [6, 6.07) is 15.9. The minimum Gasteiger partial charge on any atom is -0.462 e. The second-order valence-corrected chi connectivity index (χ2v) is 8.80. The van der Waals surface area contributed by atoms with E-state index in [0.717, 1.165) is 16.8 Å². The first kappa shape index (κ1) is 24.4. The van der Waals surface area contributed by atoms with Crippen LogP contribution in [0.15, 0.2) is 72.1 Å². The molecule has 4 rings (SSSR count). The second-order valence-electron chi connectivity index (χ2n) is 7.45. The van der Waals surface area contributed by atoms with Crippen LogP contribution in [-0.2, 0) is 9.53 Å². The molecule has 35 heavy (non-hydrogen) atoms. The van der Waals surface area contributed by atoms with E-state index in [0.29, 0.717) is 33.9 Å². The summed E-state index contributed by atoms with van der Waals surface area (Å²) in [7, 11) is 0. The van der Waals surface area contributed by atoms with Gasteiger partial charge in [0.1, 0.15) is 0 Å². The molecular formula is C25H22ClN5O3S. The van der Waals surface area contributed by atoms with Crippen LogP contribution in [0.5, 0.6) is 0 Å². The van der Waals surface area contributed by atoms with Crippen molar-refractivity contribution in [2.45, 2.75) is 19.0 Å². The summed E-state index contributed by atoms with van der Waals surface area (Å²) in [4.78, 5) is 28.5. The predicted molar refractivity (Wildman–Crippen MR) is 136 cm³/mol. The Morgan fingerprint density at radius 2 is 1.80 bits per heavy atom. The molecular weight excluding hydrogens is 486 g/mol. The van der Waals surface area contributed by atoms with E-state index < -0.39 is 5.97 Å². The number of halogens is 1. The van der Waals surface area contributed by atoms with Crippen molar-refractivity contribution in [3.05, 3.63) is 83.1 Å². The predicted octanol–water partition coefficient (Wildman–Crippen LogP) is 5.20. The third-order valence-corrected chi connectivity index (χ3v) is 6.33. The average molecular weight is 508 g/mol. The van der Waals surface area contributed by atoms with Gasteiger partial charge in [-0.25, -0.2) is 4.79 Å². The lowest BCUT2D eigenvalue weighted by molar-refractivity contribution is -0.113. The van der Waals surface area contributed by atoms with Crippen molar-refractivity contribution in [3.63, 3.8) is 0 Å². The highest BCUT2D eigenvalue weighted by Crippen LogP contribution is 2.30. The van der Waals surface area contributed by atoms with Crippen LogP contribution >= 0.6 is 23.4 Å². The fourth-order valence-electron chi connectivity index (χ4n) is 3.24. The molecule has 0 saturated heterocycles. The average Bonchev–Trinajstić information content (AvgIpc) is 3.29. The van der Waals surface area contributed by atoms with E-state index in [1.165, 1.54) is 11.8 Å². The smallest absolute Gasteiger partial charge is 0.338 e. The van der Waals surface area contributed by atoms with Crippen molar-refractivity contribution in [3.8, 4) is 17.1 Å². The standard InChI is InChI=1S/C25H22ClN5O3S/c1-3-34-24(33)18-5-7-19(8-6-18)28-22(32)15-35-25-30-29-23(17-10-12-27-13-11-17)31(25)20-9-4-16(2)21(26)14-20/h4-14H,3,15H2,1-2H3,(H,28,32). The highest BCUT2D eigenvalue weighted by atomic mass is 35.5. The summed E-state index contributed by atoms with van der Waals surface area (Å²) >= 11 is 7.64. The zero-order valence-electron chi connectivity index (χ0n) is 19.1. The van der Waals surface area contributed by atoms with Crippen molar-refractivity contribution in [1.82, 2.24) is 19.7 Å². The number of amides is 1. The summed E-state index contributed by atoms with van der Waals surface area (Å²) in [5.74, 6) is 0.0975. The van der Waals surface area contributed by atoms with E-state index in [9.17, 15) is 9.59 Å². The lowest BCUT2D eigenvalue weighted by Crippen LogP contribution is -2.15. The van der Waals surface area contributed by atoms with E-state index in [4.69, 9.17) is 16.3 Å². The molecule has 0 fully saturated rings. The highest BCUT2D eigenvalue weighted by Gasteiger charge is 2.18. The third kappa shape index (κ3) is 5.87. The molecule has 1 amide bonds. The van der Waals surface area contributed by atoms with Crippen LogP contribution in [0, 0.1) is 6.92 Å². The highest BCUT2D eigenvalue weighted by molar-refractivity contribution is 7.99. The van der Waals surface area contributed by atoms with Gasteiger partial charge in [-0.05, 0) is 67.9 Å².